The predicted molar refractivity (Wildman–Crippen MR) is 134 cm³/mol. The quantitative estimate of drug-likeness (QED) is 0.308. The zero-order valence-electron chi connectivity index (χ0n) is 20.2. The zero-order chi connectivity index (χ0) is 25.0. The molecule has 0 radical (unpaired) electrons. The maximum absolute atomic E-state index is 13.5. The van der Waals surface area contributed by atoms with Gasteiger partial charge in [0.25, 0.3) is 0 Å². The summed E-state index contributed by atoms with van der Waals surface area (Å²) in [7, 11) is 0. The molecule has 2 atom stereocenters. The van der Waals surface area contributed by atoms with E-state index >= 15 is 0 Å². The first-order valence-electron chi connectivity index (χ1n) is 12.2. The van der Waals surface area contributed by atoms with Crippen molar-refractivity contribution in [1.82, 2.24) is 0 Å². The molecule has 186 valence electrons. The standard InChI is InChI=1S/C29H29NO6/c1-2-33-26(31)20-35-29-25-18-10-9-12-22(25)13-11-19-28(29,36-29)21-34-27(32)30(23-14-5-3-6-15-23)24-16-7-4-8-17-24/h3-10,12,14-18H,2,11,13,19-21H2,1H3. The van der Waals surface area contributed by atoms with Crippen molar-refractivity contribution in [2.24, 2.45) is 0 Å². The van der Waals surface area contributed by atoms with E-state index in [9.17, 15) is 9.59 Å². The molecule has 36 heavy (non-hydrogen) atoms. The Kier molecular flexibility index (Phi) is 6.76. The number of esters is 1. The van der Waals surface area contributed by atoms with Gasteiger partial charge < -0.3 is 18.9 Å². The summed E-state index contributed by atoms with van der Waals surface area (Å²) in [4.78, 5) is 27.1. The van der Waals surface area contributed by atoms with Crippen LogP contribution in [0.1, 0.15) is 30.9 Å². The van der Waals surface area contributed by atoms with Gasteiger partial charge in [-0.1, -0.05) is 60.7 Å². The number of rotatable bonds is 8. The Labute approximate surface area is 210 Å². The summed E-state index contributed by atoms with van der Waals surface area (Å²) < 4.78 is 23.4. The van der Waals surface area contributed by atoms with Gasteiger partial charge in [0.15, 0.2) is 5.60 Å². The number of hydrogen-bond donors (Lipinski definition) is 0. The molecule has 1 heterocycles. The molecule has 5 rings (SSSR count). The Hall–Kier alpha value is -3.68. The highest BCUT2D eigenvalue weighted by Gasteiger charge is 2.74. The summed E-state index contributed by atoms with van der Waals surface area (Å²) in [6.07, 6.45) is 1.78. The van der Waals surface area contributed by atoms with E-state index in [0.29, 0.717) is 17.8 Å². The van der Waals surface area contributed by atoms with E-state index in [1.807, 2.05) is 84.9 Å². The fraction of sp³-hybridized carbons (Fsp3) is 0.310. The molecule has 0 saturated carbocycles. The van der Waals surface area contributed by atoms with E-state index in [1.54, 1.807) is 6.92 Å². The molecule has 1 saturated heterocycles. The number of amides is 1. The molecule has 3 aromatic rings. The van der Waals surface area contributed by atoms with Crippen molar-refractivity contribution in [3.8, 4) is 0 Å². The number of carbonyl (C=O) groups excluding carboxylic acids is 2. The molecule has 3 aromatic carbocycles. The van der Waals surface area contributed by atoms with Gasteiger partial charge in [0.1, 0.15) is 13.2 Å². The Morgan fingerprint density at radius 3 is 2.19 bits per heavy atom. The van der Waals surface area contributed by atoms with Crippen LogP contribution in [0.2, 0.25) is 0 Å². The maximum atomic E-state index is 13.5. The molecule has 1 fully saturated rings. The highest BCUT2D eigenvalue weighted by atomic mass is 16.8. The number of carbonyl (C=O) groups is 2. The van der Waals surface area contributed by atoms with Crippen LogP contribution in [-0.2, 0) is 35.9 Å². The van der Waals surface area contributed by atoms with Crippen molar-refractivity contribution in [2.45, 2.75) is 37.6 Å². The van der Waals surface area contributed by atoms with E-state index in [4.69, 9.17) is 18.9 Å². The summed E-state index contributed by atoms with van der Waals surface area (Å²) >= 11 is 0. The van der Waals surface area contributed by atoms with Crippen LogP contribution >= 0.6 is 0 Å². The van der Waals surface area contributed by atoms with E-state index in [1.165, 1.54) is 4.90 Å². The third kappa shape index (κ3) is 4.47. The molecule has 1 aliphatic carbocycles. The monoisotopic (exact) mass is 487 g/mol. The molecule has 0 bridgehead atoms. The molecule has 1 aliphatic heterocycles. The van der Waals surface area contributed by atoms with Gasteiger partial charge in [0.2, 0.25) is 5.79 Å². The number of hydrogen-bond acceptors (Lipinski definition) is 6. The van der Waals surface area contributed by atoms with Crippen LogP contribution in [0.15, 0.2) is 84.9 Å². The van der Waals surface area contributed by atoms with Crippen molar-refractivity contribution >= 4 is 23.4 Å². The molecule has 0 aromatic heterocycles. The van der Waals surface area contributed by atoms with Gasteiger partial charge in [-0.25, -0.2) is 14.5 Å². The van der Waals surface area contributed by atoms with Crippen molar-refractivity contribution in [1.29, 1.82) is 0 Å². The average molecular weight is 488 g/mol. The number of aryl methyl sites for hydroxylation is 1. The Balaban J connectivity index is 1.40. The normalized spacial score (nSPS) is 21.9. The summed E-state index contributed by atoms with van der Waals surface area (Å²) in [5.74, 6) is -1.63. The third-order valence-corrected chi connectivity index (χ3v) is 6.63. The summed E-state index contributed by atoms with van der Waals surface area (Å²) in [6, 6.07) is 26.6. The van der Waals surface area contributed by atoms with Crippen LogP contribution < -0.4 is 4.90 Å². The van der Waals surface area contributed by atoms with E-state index in [-0.39, 0.29) is 19.8 Å². The van der Waals surface area contributed by atoms with Gasteiger partial charge in [-0.15, -0.1) is 0 Å². The van der Waals surface area contributed by atoms with Gasteiger partial charge in [0.05, 0.1) is 18.0 Å². The minimum atomic E-state index is -1.17. The Bertz CT molecular complexity index is 1180. The first-order valence-corrected chi connectivity index (χ1v) is 12.2. The first kappa shape index (κ1) is 24.0. The van der Waals surface area contributed by atoms with Crippen molar-refractivity contribution in [3.63, 3.8) is 0 Å². The molecule has 0 spiro atoms. The number of anilines is 2. The molecule has 7 nitrogen and oxygen atoms in total. The predicted octanol–water partition coefficient (Wildman–Crippen LogP) is 5.50. The van der Waals surface area contributed by atoms with Gasteiger partial charge in [-0.3, -0.25) is 0 Å². The lowest BCUT2D eigenvalue weighted by Crippen LogP contribution is -2.36. The molecular weight excluding hydrogens is 458 g/mol. The lowest BCUT2D eigenvalue weighted by atomic mass is 9.93. The minimum absolute atomic E-state index is 0.0147. The molecule has 2 unspecified atom stereocenters. The summed E-state index contributed by atoms with van der Waals surface area (Å²) in [5, 5.41) is 0. The van der Waals surface area contributed by atoms with E-state index < -0.39 is 23.5 Å². The highest BCUT2D eigenvalue weighted by Crippen LogP contribution is 2.61. The van der Waals surface area contributed by atoms with E-state index in [0.717, 1.165) is 24.0 Å². The van der Waals surface area contributed by atoms with E-state index in [2.05, 4.69) is 0 Å². The maximum Gasteiger partial charge on any atom is 0.419 e. The number of nitrogens with zero attached hydrogens (tertiary/aromatic N) is 1. The molecule has 7 heteroatoms. The fourth-order valence-electron chi connectivity index (χ4n) is 4.94. The number of epoxide rings is 1. The van der Waals surface area contributed by atoms with Gasteiger partial charge in [0, 0.05) is 5.56 Å². The third-order valence-electron chi connectivity index (χ3n) is 6.63. The largest absolute Gasteiger partial charge is 0.464 e. The highest BCUT2D eigenvalue weighted by molar-refractivity contribution is 5.96. The SMILES string of the molecule is CCOC(=O)COC12OC1(COC(=O)N(c1ccccc1)c1ccccc1)CCCc1ccccc12. The second-order valence-electron chi connectivity index (χ2n) is 8.88. The molecule has 2 aliphatic rings. The Morgan fingerprint density at radius 2 is 1.53 bits per heavy atom. The lowest BCUT2D eigenvalue weighted by molar-refractivity contribution is -0.156. The molecule has 0 N–H and O–H groups in total. The average Bonchev–Trinajstić information content (AvgIpc) is 3.58. The summed E-state index contributed by atoms with van der Waals surface area (Å²) in [6.45, 7) is 1.75. The van der Waals surface area contributed by atoms with Crippen LogP contribution in [0.3, 0.4) is 0 Å². The van der Waals surface area contributed by atoms with Gasteiger partial charge in [-0.2, -0.15) is 0 Å². The van der Waals surface area contributed by atoms with Gasteiger partial charge >= 0.3 is 12.1 Å². The number of ether oxygens (including phenoxy) is 4. The first-order chi connectivity index (χ1) is 17.6. The van der Waals surface area contributed by atoms with Crippen molar-refractivity contribution in [3.05, 3.63) is 96.1 Å². The van der Waals surface area contributed by atoms with Crippen LogP contribution in [0, 0.1) is 0 Å². The van der Waals surface area contributed by atoms with Crippen LogP contribution in [-0.4, -0.2) is 37.5 Å². The van der Waals surface area contributed by atoms with Crippen LogP contribution in [0.5, 0.6) is 0 Å². The number of benzene rings is 3. The summed E-state index contributed by atoms with van der Waals surface area (Å²) in [5.41, 5.74) is 2.46. The van der Waals surface area contributed by atoms with Crippen molar-refractivity contribution in [2.75, 3.05) is 24.7 Å². The lowest BCUT2D eigenvalue weighted by Gasteiger charge is -2.24. The van der Waals surface area contributed by atoms with Crippen molar-refractivity contribution < 1.29 is 28.5 Å². The zero-order valence-corrected chi connectivity index (χ0v) is 20.2. The van der Waals surface area contributed by atoms with Crippen LogP contribution in [0.4, 0.5) is 16.2 Å². The molecular formula is C29H29NO6. The van der Waals surface area contributed by atoms with Gasteiger partial charge in [-0.05, 0) is 56.0 Å². The smallest absolute Gasteiger partial charge is 0.419 e. The fourth-order valence-corrected chi connectivity index (χ4v) is 4.94. The number of para-hydroxylation sites is 2. The number of fused-ring (bicyclic) bond motifs is 3. The molecule has 1 amide bonds. The topological polar surface area (TPSA) is 77.6 Å². The second kappa shape index (κ2) is 10.1. The second-order valence-corrected chi connectivity index (χ2v) is 8.88. The minimum Gasteiger partial charge on any atom is -0.464 e. The van der Waals surface area contributed by atoms with Crippen LogP contribution in [0.25, 0.3) is 0 Å². The Morgan fingerprint density at radius 1 is 0.889 bits per heavy atom.